The third kappa shape index (κ3) is 5.10. The van der Waals surface area contributed by atoms with Crippen molar-refractivity contribution in [3.63, 3.8) is 0 Å². The number of anilines is 1. The molecule has 3 amide bonds. The van der Waals surface area contributed by atoms with Crippen molar-refractivity contribution in [2.24, 2.45) is 5.16 Å². The number of carboxylic acid groups (broad SMARTS) is 1. The Balaban J connectivity index is 1.87. The lowest BCUT2D eigenvalue weighted by molar-refractivity contribution is -0.161. The number of β-lactam (4-membered cyclic amide) rings is 1. The van der Waals surface area contributed by atoms with E-state index in [0.717, 1.165) is 11.3 Å². The number of hydrogen-bond donors (Lipinski definition) is 4. The average molecular weight is 519 g/mol. The number of nitrogens with two attached hydrogens (primary N) is 1. The Kier molecular flexibility index (Phi) is 6.81. The lowest BCUT2D eigenvalue weighted by atomic mass is 9.97. The van der Waals surface area contributed by atoms with Crippen LogP contribution in [0.5, 0.6) is 0 Å². The van der Waals surface area contributed by atoms with Gasteiger partial charge in [0.05, 0.1) is 6.04 Å². The van der Waals surface area contributed by atoms with Gasteiger partial charge in [0.25, 0.3) is 11.8 Å². The van der Waals surface area contributed by atoms with Crippen LogP contribution in [0, 0.1) is 0 Å². The third-order valence-corrected chi connectivity index (χ3v) is 6.76. The SMILES string of the molecule is CC(C)(ON=C(C(=O)NC1C(=O)N(S(=O)(=O)O)C1CN1CCCC1=O)c1csc(N)n1)C(=O)O. The molecule has 34 heavy (non-hydrogen) atoms. The first kappa shape index (κ1) is 25.3. The van der Waals surface area contributed by atoms with Gasteiger partial charge >= 0.3 is 16.3 Å². The van der Waals surface area contributed by atoms with E-state index in [9.17, 15) is 37.3 Å². The summed E-state index contributed by atoms with van der Waals surface area (Å²) in [6.45, 7) is 2.46. The molecule has 5 N–H and O–H groups in total. The minimum absolute atomic E-state index is 0.0655. The van der Waals surface area contributed by atoms with E-state index < -0.39 is 51.5 Å². The molecule has 0 aromatic carbocycles. The maximum absolute atomic E-state index is 13.0. The maximum Gasteiger partial charge on any atom is 0.362 e. The van der Waals surface area contributed by atoms with Gasteiger partial charge in [-0.3, -0.25) is 18.9 Å². The minimum Gasteiger partial charge on any atom is -0.478 e. The number of aromatic nitrogens is 1. The van der Waals surface area contributed by atoms with Crippen LogP contribution < -0.4 is 11.1 Å². The lowest BCUT2D eigenvalue weighted by Crippen LogP contribution is -2.74. The molecule has 2 fully saturated rings. The number of nitrogen functional groups attached to an aromatic ring is 1. The van der Waals surface area contributed by atoms with Crippen LogP contribution in [0.1, 0.15) is 32.4 Å². The number of nitrogens with zero attached hydrogens (tertiary/aromatic N) is 4. The van der Waals surface area contributed by atoms with Crippen molar-refractivity contribution >= 4 is 56.2 Å². The summed E-state index contributed by atoms with van der Waals surface area (Å²) >= 11 is 0.957. The Bertz CT molecular complexity index is 1160. The zero-order valence-electron chi connectivity index (χ0n) is 18.0. The molecule has 0 saturated carbocycles. The molecule has 3 rings (SSSR count). The van der Waals surface area contributed by atoms with Gasteiger partial charge in [0.2, 0.25) is 11.5 Å². The number of carbonyl (C=O) groups excluding carboxylic acids is 3. The summed E-state index contributed by atoms with van der Waals surface area (Å²) in [6.07, 6.45) is 0.795. The van der Waals surface area contributed by atoms with Gasteiger partial charge in [0.15, 0.2) is 10.8 Å². The zero-order valence-corrected chi connectivity index (χ0v) is 19.6. The van der Waals surface area contributed by atoms with Crippen molar-refractivity contribution in [1.29, 1.82) is 0 Å². The summed E-state index contributed by atoms with van der Waals surface area (Å²) in [4.78, 5) is 58.9. The molecule has 2 saturated heterocycles. The second-order valence-corrected chi connectivity index (χ2v) is 10.2. The van der Waals surface area contributed by atoms with E-state index in [1.165, 1.54) is 24.1 Å². The third-order valence-electron chi connectivity index (χ3n) is 5.14. The molecule has 2 aliphatic rings. The molecule has 0 bridgehead atoms. The first-order valence-corrected chi connectivity index (χ1v) is 12.1. The number of thiazole rings is 1. The highest BCUT2D eigenvalue weighted by Gasteiger charge is 2.55. The number of nitrogens with one attached hydrogen (secondary N) is 1. The Morgan fingerprint density at radius 1 is 1.41 bits per heavy atom. The highest BCUT2D eigenvalue weighted by Crippen LogP contribution is 2.26. The molecule has 0 radical (unpaired) electrons. The largest absolute Gasteiger partial charge is 0.478 e. The van der Waals surface area contributed by atoms with Gasteiger partial charge < -0.3 is 25.9 Å². The zero-order chi connectivity index (χ0) is 25.4. The molecule has 1 aromatic rings. The number of hydrogen-bond acceptors (Lipinski definition) is 11. The Labute approximate surface area is 197 Å². The van der Waals surface area contributed by atoms with Crippen LogP contribution >= 0.6 is 11.3 Å². The summed E-state index contributed by atoms with van der Waals surface area (Å²) in [5.74, 6) is -3.81. The summed E-state index contributed by atoms with van der Waals surface area (Å²) in [5, 5.41) is 16.5. The highest BCUT2D eigenvalue weighted by atomic mass is 32.2. The van der Waals surface area contributed by atoms with Gasteiger partial charge in [-0.25, -0.2) is 14.1 Å². The van der Waals surface area contributed by atoms with Crippen molar-refractivity contribution in [1.82, 2.24) is 19.5 Å². The van der Waals surface area contributed by atoms with E-state index in [1.807, 2.05) is 0 Å². The molecule has 2 aliphatic heterocycles. The Morgan fingerprint density at radius 2 is 2.09 bits per heavy atom. The molecule has 186 valence electrons. The molecule has 0 aliphatic carbocycles. The van der Waals surface area contributed by atoms with Gasteiger partial charge in [0, 0.05) is 24.9 Å². The van der Waals surface area contributed by atoms with Crippen LogP contribution in [-0.2, 0) is 34.3 Å². The van der Waals surface area contributed by atoms with Crippen LogP contribution in [0.4, 0.5) is 5.13 Å². The van der Waals surface area contributed by atoms with E-state index in [4.69, 9.17) is 10.6 Å². The lowest BCUT2D eigenvalue weighted by Gasteiger charge is -2.45. The first-order chi connectivity index (χ1) is 15.7. The van der Waals surface area contributed by atoms with E-state index in [-0.39, 0.29) is 34.0 Å². The molecule has 1 aromatic heterocycles. The second kappa shape index (κ2) is 9.15. The summed E-state index contributed by atoms with van der Waals surface area (Å²) in [7, 11) is -4.95. The normalized spacial score (nSPS) is 21.4. The number of carboxylic acids is 1. The summed E-state index contributed by atoms with van der Waals surface area (Å²) in [6, 6.07) is -2.71. The van der Waals surface area contributed by atoms with Crippen LogP contribution in [0.15, 0.2) is 10.5 Å². The highest BCUT2D eigenvalue weighted by molar-refractivity contribution is 7.84. The molecule has 0 spiro atoms. The van der Waals surface area contributed by atoms with Gasteiger partial charge in [-0.2, -0.15) is 8.42 Å². The van der Waals surface area contributed by atoms with E-state index >= 15 is 0 Å². The van der Waals surface area contributed by atoms with Crippen molar-refractivity contribution in [3.8, 4) is 0 Å². The molecule has 3 heterocycles. The van der Waals surface area contributed by atoms with Crippen LogP contribution in [0.25, 0.3) is 0 Å². The smallest absolute Gasteiger partial charge is 0.362 e. The Hall–Kier alpha value is -3.31. The number of amides is 3. The number of aliphatic carboxylic acids is 1. The van der Waals surface area contributed by atoms with Crippen LogP contribution in [0.3, 0.4) is 0 Å². The fourth-order valence-electron chi connectivity index (χ4n) is 3.27. The predicted octanol–water partition coefficient (Wildman–Crippen LogP) is -1.57. The number of carbonyl (C=O) groups is 4. The molecule has 2 unspecified atom stereocenters. The van der Waals surface area contributed by atoms with E-state index in [2.05, 4.69) is 15.5 Å². The van der Waals surface area contributed by atoms with Crippen LogP contribution in [-0.4, -0.2) is 92.4 Å². The number of likely N-dealkylation sites (tertiary alicyclic amines) is 1. The quantitative estimate of drug-likeness (QED) is 0.126. The van der Waals surface area contributed by atoms with Gasteiger partial charge in [-0.1, -0.05) is 5.16 Å². The van der Waals surface area contributed by atoms with Crippen molar-refractivity contribution in [2.45, 2.75) is 44.4 Å². The number of oxime groups is 1. The monoisotopic (exact) mass is 518 g/mol. The maximum atomic E-state index is 13.0. The minimum atomic E-state index is -4.95. The summed E-state index contributed by atoms with van der Waals surface area (Å²) in [5.41, 5.74) is 3.18. The van der Waals surface area contributed by atoms with E-state index in [1.54, 1.807) is 0 Å². The Morgan fingerprint density at radius 3 is 2.59 bits per heavy atom. The van der Waals surface area contributed by atoms with Gasteiger partial charge in [-0.15, -0.1) is 11.3 Å². The fraction of sp³-hybridized carbons (Fsp3) is 0.529. The first-order valence-electron chi connectivity index (χ1n) is 9.82. The van der Waals surface area contributed by atoms with Gasteiger partial charge in [-0.05, 0) is 20.3 Å². The fourth-order valence-corrected chi connectivity index (χ4v) is 4.69. The molecule has 2 atom stereocenters. The molecule has 15 nitrogen and oxygen atoms in total. The molecular formula is C17H22N6O9S2. The van der Waals surface area contributed by atoms with Crippen molar-refractivity contribution in [3.05, 3.63) is 11.1 Å². The van der Waals surface area contributed by atoms with Crippen LogP contribution in [0.2, 0.25) is 0 Å². The topological polar surface area (TPSA) is 222 Å². The van der Waals surface area contributed by atoms with E-state index in [0.29, 0.717) is 13.0 Å². The van der Waals surface area contributed by atoms with Crippen molar-refractivity contribution in [2.75, 3.05) is 18.8 Å². The number of rotatable bonds is 9. The summed E-state index contributed by atoms with van der Waals surface area (Å²) < 4.78 is 33.0. The molecule has 17 heteroatoms. The second-order valence-electron chi connectivity index (χ2n) is 7.99. The van der Waals surface area contributed by atoms with Gasteiger partial charge in [0.1, 0.15) is 11.7 Å². The van der Waals surface area contributed by atoms with Crippen molar-refractivity contribution < 1.29 is 42.1 Å². The average Bonchev–Trinajstić information content (AvgIpc) is 3.32. The standard InChI is InChI=1S/C17H22N6O9S2/c1-17(2,15(27)28)32-21-11(8-7-33-16(18)19-8)13(25)20-12-9(6-22-5-3-4-10(22)24)23(14(12)26)34(29,30)31/h7,9,12H,3-6H2,1-2H3,(H2,18,19)(H,20,25)(H,27,28)(H,29,30,31). The predicted molar refractivity (Wildman–Crippen MR) is 116 cm³/mol. The molecular weight excluding hydrogens is 496 g/mol.